The number of nitrogens with zero attached hydrogens (tertiary/aromatic N) is 6. The number of amides is 2. The van der Waals surface area contributed by atoms with E-state index in [4.69, 9.17) is 19.2 Å². The van der Waals surface area contributed by atoms with Crippen LogP contribution in [-0.2, 0) is 9.47 Å². The molecule has 4 heterocycles. The van der Waals surface area contributed by atoms with Crippen LogP contribution in [0.4, 0.5) is 15.4 Å². The number of carbonyl (C=O) groups excluding carboxylic acids is 2. The van der Waals surface area contributed by atoms with E-state index in [1.54, 1.807) is 65.4 Å². The first-order valence-electron chi connectivity index (χ1n) is 14.8. The third-order valence-electron chi connectivity index (χ3n) is 7.57. The number of ether oxygens (including phenoxy) is 3. The van der Waals surface area contributed by atoms with E-state index >= 15 is 0 Å². The summed E-state index contributed by atoms with van der Waals surface area (Å²) in [4.78, 5) is 33.9. The monoisotopic (exact) mass is 604 g/mol. The summed E-state index contributed by atoms with van der Waals surface area (Å²) in [5.41, 5.74) is 1.15. The van der Waals surface area contributed by atoms with Crippen molar-refractivity contribution in [3.8, 4) is 22.9 Å². The molecule has 2 unspecified atom stereocenters. The Morgan fingerprint density at radius 2 is 1.73 bits per heavy atom. The molecule has 0 spiro atoms. The summed E-state index contributed by atoms with van der Waals surface area (Å²) in [6, 6.07) is 7.93. The Morgan fingerprint density at radius 1 is 1.09 bits per heavy atom. The van der Waals surface area contributed by atoms with Crippen LogP contribution >= 0.6 is 0 Å². The number of hydrogen-bond acceptors (Lipinski definition) is 10. The van der Waals surface area contributed by atoms with Crippen LogP contribution in [0.15, 0.2) is 36.8 Å². The highest BCUT2D eigenvalue weighted by Crippen LogP contribution is 2.53. The van der Waals surface area contributed by atoms with Crippen LogP contribution < -0.4 is 9.64 Å². The van der Waals surface area contributed by atoms with Gasteiger partial charge in [0.25, 0.3) is 0 Å². The zero-order valence-electron chi connectivity index (χ0n) is 26.3. The van der Waals surface area contributed by atoms with Gasteiger partial charge in [-0.2, -0.15) is 10.4 Å². The van der Waals surface area contributed by atoms with Gasteiger partial charge in [0.1, 0.15) is 35.4 Å². The minimum Gasteiger partial charge on any atom is -0.489 e. The first kappa shape index (κ1) is 31.1. The van der Waals surface area contributed by atoms with Gasteiger partial charge < -0.3 is 24.2 Å². The molecular weight excluding hydrogens is 564 g/mol. The molecule has 1 N–H and O–H groups in total. The molecule has 2 fully saturated rings. The number of aromatic nitrogens is 3. The fraction of sp³-hybridized carbons (Fsp3) is 0.531. The van der Waals surface area contributed by atoms with Gasteiger partial charge in [0.05, 0.1) is 29.6 Å². The first-order valence-corrected chi connectivity index (χ1v) is 14.8. The van der Waals surface area contributed by atoms with E-state index in [9.17, 15) is 20.0 Å². The Hall–Kier alpha value is -4.37. The van der Waals surface area contributed by atoms with Crippen molar-refractivity contribution in [2.24, 2.45) is 17.8 Å². The van der Waals surface area contributed by atoms with E-state index in [0.29, 0.717) is 28.7 Å². The maximum Gasteiger partial charge on any atom is 0.419 e. The number of aliphatic hydroxyl groups excluding tert-OH is 1. The molecule has 2 aliphatic rings. The quantitative estimate of drug-likeness (QED) is 0.396. The molecule has 0 aromatic carbocycles. The average molecular weight is 605 g/mol. The SMILES string of the molecule is CC(O)COc1cc(-c2ccc(N3C[C@@H]4C(CN(C(=O)OC(C)(C)C)C(=O)OC(C)(C)C)[C@@H]4C3)nc2)c2c(C#N)cnn2c1. The molecule has 1 saturated heterocycles. The van der Waals surface area contributed by atoms with Crippen LogP contribution in [-0.4, -0.2) is 80.3 Å². The fourth-order valence-corrected chi connectivity index (χ4v) is 5.60. The van der Waals surface area contributed by atoms with Crippen LogP contribution in [0.25, 0.3) is 16.6 Å². The second kappa shape index (κ2) is 11.6. The Kier molecular flexibility index (Phi) is 8.20. The number of pyridine rings is 2. The van der Waals surface area contributed by atoms with Gasteiger partial charge in [-0.25, -0.2) is 24.0 Å². The number of nitriles is 1. The summed E-state index contributed by atoms with van der Waals surface area (Å²) in [6.45, 7) is 14.1. The Morgan fingerprint density at radius 3 is 2.25 bits per heavy atom. The summed E-state index contributed by atoms with van der Waals surface area (Å²) < 4.78 is 18.4. The van der Waals surface area contributed by atoms with Crippen molar-refractivity contribution >= 4 is 23.5 Å². The highest BCUT2D eigenvalue weighted by atomic mass is 16.6. The van der Waals surface area contributed by atoms with Gasteiger partial charge in [-0.3, -0.25) is 0 Å². The molecule has 3 aromatic heterocycles. The lowest BCUT2D eigenvalue weighted by Crippen LogP contribution is -2.45. The molecule has 1 aliphatic carbocycles. The van der Waals surface area contributed by atoms with E-state index in [-0.39, 0.29) is 19.1 Å². The molecule has 1 saturated carbocycles. The lowest BCUT2D eigenvalue weighted by Gasteiger charge is -2.29. The maximum atomic E-state index is 12.9. The van der Waals surface area contributed by atoms with Gasteiger partial charge in [-0.05, 0) is 84.4 Å². The predicted molar refractivity (Wildman–Crippen MR) is 162 cm³/mol. The molecule has 0 radical (unpaired) electrons. The number of carbonyl (C=O) groups is 2. The minimum absolute atomic E-state index is 0.125. The van der Waals surface area contributed by atoms with Gasteiger partial charge in [-0.15, -0.1) is 0 Å². The largest absolute Gasteiger partial charge is 0.489 e. The third-order valence-corrected chi connectivity index (χ3v) is 7.57. The van der Waals surface area contributed by atoms with Crippen LogP contribution in [0.3, 0.4) is 0 Å². The number of fused-ring (bicyclic) bond motifs is 2. The first-order chi connectivity index (χ1) is 20.6. The lowest BCUT2D eigenvalue weighted by atomic mass is 10.1. The van der Waals surface area contributed by atoms with Crippen LogP contribution in [0.2, 0.25) is 0 Å². The van der Waals surface area contributed by atoms with Crippen molar-refractivity contribution < 1.29 is 28.9 Å². The molecule has 1 aliphatic heterocycles. The van der Waals surface area contributed by atoms with Gasteiger partial charge in [0, 0.05) is 37.0 Å². The van der Waals surface area contributed by atoms with Crippen LogP contribution in [0.1, 0.15) is 54.0 Å². The summed E-state index contributed by atoms with van der Waals surface area (Å²) in [6.07, 6.45) is 2.94. The molecule has 0 bridgehead atoms. The topological polar surface area (TPSA) is 143 Å². The molecule has 3 aromatic rings. The van der Waals surface area contributed by atoms with Crippen LogP contribution in [0, 0.1) is 29.1 Å². The number of imide groups is 1. The van der Waals surface area contributed by atoms with Crippen molar-refractivity contribution in [3.63, 3.8) is 0 Å². The molecule has 12 nitrogen and oxygen atoms in total. The summed E-state index contributed by atoms with van der Waals surface area (Å²) >= 11 is 0. The van der Waals surface area contributed by atoms with Crippen molar-refractivity contribution in [1.82, 2.24) is 19.5 Å². The Labute approximate surface area is 257 Å². The highest BCUT2D eigenvalue weighted by molar-refractivity contribution is 5.88. The fourth-order valence-electron chi connectivity index (χ4n) is 5.60. The summed E-state index contributed by atoms with van der Waals surface area (Å²) in [5, 5.41) is 23.6. The van der Waals surface area contributed by atoms with Gasteiger partial charge in [0.15, 0.2) is 0 Å². The molecule has 12 heteroatoms. The number of rotatable bonds is 7. The molecular formula is C32H40N6O6. The predicted octanol–water partition coefficient (Wildman–Crippen LogP) is 4.88. The van der Waals surface area contributed by atoms with Crippen LogP contribution in [0.5, 0.6) is 5.75 Å². The molecule has 5 rings (SSSR count). The van der Waals surface area contributed by atoms with Gasteiger partial charge in [0.2, 0.25) is 0 Å². The van der Waals surface area contributed by atoms with Crippen molar-refractivity contribution in [3.05, 3.63) is 42.4 Å². The smallest absolute Gasteiger partial charge is 0.419 e. The highest BCUT2D eigenvalue weighted by Gasteiger charge is 2.57. The maximum absolute atomic E-state index is 12.9. The molecule has 44 heavy (non-hydrogen) atoms. The number of hydrogen-bond donors (Lipinski definition) is 1. The number of aliphatic hydroxyl groups is 1. The van der Waals surface area contributed by atoms with E-state index in [1.807, 2.05) is 18.2 Å². The molecule has 234 valence electrons. The van der Waals surface area contributed by atoms with E-state index in [0.717, 1.165) is 34.9 Å². The molecule has 4 atom stereocenters. The van der Waals surface area contributed by atoms with Gasteiger partial charge >= 0.3 is 12.2 Å². The second-order valence-corrected chi connectivity index (χ2v) is 13.6. The third kappa shape index (κ3) is 6.89. The van der Waals surface area contributed by atoms with Crippen molar-refractivity contribution in [2.45, 2.75) is 65.8 Å². The summed E-state index contributed by atoms with van der Waals surface area (Å²) in [5.74, 6) is 2.13. The number of anilines is 1. The Bertz CT molecular complexity index is 1540. The molecule has 2 amide bonds. The van der Waals surface area contributed by atoms with Crippen molar-refractivity contribution in [1.29, 1.82) is 5.26 Å². The normalized spacial score (nSPS) is 20.1. The zero-order valence-corrected chi connectivity index (χ0v) is 26.3. The lowest BCUT2D eigenvalue weighted by molar-refractivity contribution is 0.0000761. The average Bonchev–Trinajstić information content (AvgIpc) is 3.24. The van der Waals surface area contributed by atoms with Crippen molar-refractivity contribution in [2.75, 3.05) is 31.1 Å². The van der Waals surface area contributed by atoms with E-state index in [1.165, 1.54) is 6.20 Å². The van der Waals surface area contributed by atoms with Gasteiger partial charge in [-0.1, -0.05) is 0 Å². The Balaban J connectivity index is 1.28. The number of piperidine rings is 1. The zero-order chi connectivity index (χ0) is 32.0. The summed E-state index contributed by atoms with van der Waals surface area (Å²) in [7, 11) is 0. The van der Waals surface area contributed by atoms with E-state index < -0.39 is 29.5 Å². The second-order valence-electron chi connectivity index (χ2n) is 13.6. The van der Waals surface area contributed by atoms with E-state index in [2.05, 4.69) is 16.1 Å². The minimum atomic E-state index is -0.738. The standard InChI is InChI=1S/C32H40N6O6/c1-19(39)18-42-22-10-23(28-21(11-33)13-35-38(28)14-22)20-8-9-27(34-12-20)36-15-24-25(16-36)26(24)17-37(29(40)43-31(2,3)4)30(41)44-32(5,6)7/h8-10,12-14,19,24-26,39H,15-18H2,1-7H3/t19?,24-,25+,26?.